The molecule has 30 heavy (non-hydrogen) atoms. The van der Waals surface area contributed by atoms with Crippen LogP contribution in [0.25, 0.3) is 0 Å². The second kappa shape index (κ2) is 8.42. The average molecular weight is 417 g/mol. The summed E-state index contributed by atoms with van der Waals surface area (Å²) in [6.45, 7) is 2.03. The third kappa shape index (κ3) is 4.06. The van der Waals surface area contributed by atoms with Crippen LogP contribution in [0.4, 0.5) is 11.4 Å². The molecule has 0 aromatic heterocycles. The summed E-state index contributed by atoms with van der Waals surface area (Å²) >= 11 is 5.66. The lowest BCUT2D eigenvalue weighted by Gasteiger charge is -2.25. The number of anilines is 1. The van der Waals surface area contributed by atoms with Gasteiger partial charge in [0.2, 0.25) is 0 Å². The number of para-hydroxylation sites is 2. The van der Waals surface area contributed by atoms with Gasteiger partial charge in [-0.3, -0.25) is 10.1 Å². The third-order valence-electron chi connectivity index (χ3n) is 5.02. The maximum absolute atomic E-state index is 11.5. The Kier molecular flexibility index (Phi) is 5.54. The summed E-state index contributed by atoms with van der Waals surface area (Å²) in [5.41, 5.74) is 4.28. The average Bonchev–Trinajstić information content (AvgIpc) is 3.20. The number of nitro benzene ring substituents is 1. The standard InChI is InChI=1S/C23H20N4O2S/c1-16-11-13-17(14-12-16)22-15-20(19-9-5-6-10-21(19)27(28)29)25-26(22)23(30)24-18-7-3-2-4-8-18/h2-14,22H,15H2,1H3,(H,24,30). The van der Waals surface area contributed by atoms with Gasteiger partial charge in [0.05, 0.1) is 22.2 Å². The minimum absolute atomic E-state index is 0.0442. The molecular formula is C23H20N4O2S. The van der Waals surface area contributed by atoms with Gasteiger partial charge in [-0.2, -0.15) is 5.10 Å². The van der Waals surface area contributed by atoms with Crippen molar-refractivity contribution < 1.29 is 4.92 Å². The van der Waals surface area contributed by atoms with Crippen LogP contribution in [0, 0.1) is 17.0 Å². The number of rotatable bonds is 4. The van der Waals surface area contributed by atoms with Crippen molar-refractivity contribution in [3.05, 3.63) is 106 Å². The number of nitrogens with zero attached hydrogens (tertiary/aromatic N) is 3. The number of nitrogens with one attached hydrogen (secondary N) is 1. The highest BCUT2D eigenvalue weighted by molar-refractivity contribution is 7.80. The van der Waals surface area contributed by atoms with Gasteiger partial charge in [0.1, 0.15) is 0 Å². The van der Waals surface area contributed by atoms with E-state index >= 15 is 0 Å². The van der Waals surface area contributed by atoms with E-state index in [1.807, 2.05) is 49.4 Å². The molecule has 1 aliphatic heterocycles. The van der Waals surface area contributed by atoms with Gasteiger partial charge in [0.15, 0.2) is 5.11 Å². The molecule has 0 fully saturated rings. The van der Waals surface area contributed by atoms with Crippen LogP contribution in [0.3, 0.4) is 0 Å². The summed E-state index contributed by atoms with van der Waals surface area (Å²) in [4.78, 5) is 11.1. The maximum Gasteiger partial charge on any atom is 0.278 e. The smallest absolute Gasteiger partial charge is 0.278 e. The summed E-state index contributed by atoms with van der Waals surface area (Å²) in [5.74, 6) is 0. The fourth-order valence-corrected chi connectivity index (χ4v) is 3.77. The van der Waals surface area contributed by atoms with Gasteiger partial charge in [-0.25, -0.2) is 5.01 Å². The molecule has 1 N–H and O–H groups in total. The van der Waals surface area contributed by atoms with Crippen LogP contribution in [0.1, 0.15) is 29.2 Å². The lowest BCUT2D eigenvalue weighted by atomic mass is 9.97. The highest BCUT2D eigenvalue weighted by atomic mass is 32.1. The van der Waals surface area contributed by atoms with Crippen LogP contribution in [-0.2, 0) is 0 Å². The Labute approximate surface area is 180 Å². The first-order valence-electron chi connectivity index (χ1n) is 9.56. The van der Waals surface area contributed by atoms with Crippen LogP contribution in [0.15, 0.2) is 84.0 Å². The van der Waals surface area contributed by atoms with E-state index in [1.54, 1.807) is 23.2 Å². The maximum atomic E-state index is 11.5. The molecule has 3 aromatic carbocycles. The molecule has 0 spiro atoms. The fourth-order valence-electron chi connectivity index (χ4n) is 3.49. The van der Waals surface area contributed by atoms with E-state index in [9.17, 15) is 10.1 Å². The lowest BCUT2D eigenvalue weighted by molar-refractivity contribution is -0.385. The van der Waals surface area contributed by atoms with E-state index in [4.69, 9.17) is 17.3 Å². The molecule has 0 saturated carbocycles. The van der Waals surface area contributed by atoms with Crippen LogP contribution >= 0.6 is 12.2 Å². The molecule has 1 atom stereocenters. The molecule has 0 saturated heterocycles. The predicted molar refractivity (Wildman–Crippen MR) is 123 cm³/mol. The second-order valence-electron chi connectivity index (χ2n) is 7.09. The zero-order valence-electron chi connectivity index (χ0n) is 16.4. The van der Waals surface area contributed by atoms with E-state index in [-0.39, 0.29) is 16.7 Å². The number of benzene rings is 3. The van der Waals surface area contributed by atoms with Gasteiger partial charge in [-0.05, 0) is 42.9 Å². The molecule has 0 aliphatic carbocycles. The fraction of sp³-hybridized carbons (Fsp3) is 0.130. The predicted octanol–water partition coefficient (Wildman–Crippen LogP) is 5.45. The van der Waals surface area contributed by atoms with Crippen molar-refractivity contribution in [2.45, 2.75) is 19.4 Å². The van der Waals surface area contributed by atoms with Crippen LogP contribution in [0.5, 0.6) is 0 Å². The highest BCUT2D eigenvalue weighted by Gasteiger charge is 2.33. The molecule has 0 bridgehead atoms. The molecular weight excluding hydrogens is 396 g/mol. The Balaban J connectivity index is 1.71. The van der Waals surface area contributed by atoms with E-state index < -0.39 is 0 Å². The number of hydrogen-bond donors (Lipinski definition) is 1. The Bertz CT molecular complexity index is 1110. The molecule has 0 amide bonds. The number of hydrazone groups is 1. The van der Waals surface area contributed by atoms with Crippen molar-refractivity contribution in [3.63, 3.8) is 0 Å². The second-order valence-corrected chi connectivity index (χ2v) is 7.48. The normalized spacial score (nSPS) is 15.6. The first kappa shape index (κ1) is 19.7. The van der Waals surface area contributed by atoms with Crippen molar-refractivity contribution in [1.29, 1.82) is 0 Å². The Morgan fingerprint density at radius 2 is 1.73 bits per heavy atom. The van der Waals surface area contributed by atoms with Crippen LogP contribution in [0.2, 0.25) is 0 Å². The quantitative estimate of drug-likeness (QED) is 0.348. The van der Waals surface area contributed by atoms with Gasteiger partial charge in [-0.1, -0.05) is 60.2 Å². The van der Waals surface area contributed by atoms with Crippen molar-refractivity contribution in [2.75, 3.05) is 5.32 Å². The summed E-state index contributed by atoms with van der Waals surface area (Å²) < 4.78 is 0. The SMILES string of the molecule is Cc1ccc(C2CC(c3ccccc3[N+](=O)[O-])=NN2C(=S)Nc2ccccc2)cc1. The highest BCUT2D eigenvalue weighted by Crippen LogP contribution is 2.35. The zero-order valence-corrected chi connectivity index (χ0v) is 17.2. The molecule has 1 heterocycles. The first-order valence-corrected chi connectivity index (χ1v) is 9.97. The van der Waals surface area contributed by atoms with Gasteiger partial charge < -0.3 is 5.32 Å². The molecule has 1 unspecified atom stereocenters. The summed E-state index contributed by atoms with van der Waals surface area (Å²) in [6.07, 6.45) is 0.518. The Morgan fingerprint density at radius 1 is 1.07 bits per heavy atom. The van der Waals surface area contributed by atoms with E-state index in [1.165, 1.54) is 6.07 Å². The molecule has 4 rings (SSSR count). The van der Waals surface area contributed by atoms with Crippen molar-refractivity contribution in [2.24, 2.45) is 5.10 Å². The lowest BCUT2D eigenvalue weighted by Crippen LogP contribution is -2.31. The van der Waals surface area contributed by atoms with Crippen molar-refractivity contribution >= 4 is 34.4 Å². The number of thiocarbonyl (C=S) groups is 1. The molecule has 3 aromatic rings. The van der Waals surface area contributed by atoms with Gasteiger partial charge >= 0.3 is 0 Å². The number of nitro groups is 1. The van der Waals surface area contributed by atoms with Gasteiger partial charge in [0, 0.05) is 18.2 Å². The van der Waals surface area contributed by atoms with Crippen molar-refractivity contribution in [1.82, 2.24) is 5.01 Å². The van der Waals surface area contributed by atoms with Crippen LogP contribution in [-0.4, -0.2) is 20.8 Å². The Hall–Kier alpha value is -3.58. The topological polar surface area (TPSA) is 70.8 Å². The molecule has 0 radical (unpaired) electrons. The van der Waals surface area contributed by atoms with E-state index in [0.29, 0.717) is 22.8 Å². The van der Waals surface area contributed by atoms with Crippen molar-refractivity contribution in [3.8, 4) is 0 Å². The molecule has 7 heteroatoms. The third-order valence-corrected chi connectivity index (χ3v) is 5.31. The van der Waals surface area contributed by atoms with E-state index in [0.717, 1.165) is 16.8 Å². The minimum atomic E-state index is -0.373. The summed E-state index contributed by atoms with van der Waals surface area (Å²) in [6, 6.07) is 24.4. The number of hydrogen-bond acceptors (Lipinski definition) is 4. The summed E-state index contributed by atoms with van der Waals surface area (Å²) in [5, 5.41) is 21.7. The van der Waals surface area contributed by atoms with Crippen LogP contribution < -0.4 is 5.32 Å². The number of aryl methyl sites for hydroxylation is 1. The zero-order chi connectivity index (χ0) is 21.1. The largest absolute Gasteiger partial charge is 0.331 e. The molecule has 1 aliphatic rings. The minimum Gasteiger partial charge on any atom is -0.331 e. The molecule has 6 nitrogen and oxygen atoms in total. The molecule has 150 valence electrons. The summed E-state index contributed by atoms with van der Waals surface area (Å²) in [7, 11) is 0. The van der Waals surface area contributed by atoms with E-state index in [2.05, 4.69) is 17.4 Å². The Morgan fingerprint density at radius 3 is 2.43 bits per heavy atom. The monoisotopic (exact) mass is 416 g/mol. The first-order chi connectivity index (χ1) is 14.5. The van der Waals surface area contributed by atoms with Gasteiger partial charge in [0.25, 0.3) is 5.69 Å². The van der Waals surface area contributed by atoms with Gasteiger partial charge in [-0.15, -0.1) is 0 Å².